The van der Waals surface area contributed by atoms with Gasteiger partial charge in [0.1, 0.15) is 0 Å². The van der Waals surface area contributed by atoms with Crippen LogP contribution < -0.4 is 5.32 Å². The third-order valence-corrected chi connectivity index (χ3v) is 4.37. The zero-order valence-electron chi connectivity index (χ0n) is 12.4. The highest BCUT2D eigenvalue weighted by atomic mass is 16.5. The molecule has 1 aliphatic rings. The highest BCUT2D eigenvalue weighted by molar-refractivity contribution is 5.06. The van der Waals surface area contributed by atoms with Crippen LogP contribution >= 0.6 is 0 Å². The van der Waals surface area contributed by atoms with Gasteiger partial charge >= 0.3 is 0 Å². The topological polar surface area (TPSA) is 21.3 Å². The maximum atomic E-state index is 6.11. The van der Waals surface area contributed by atoms with Gasteiger partial charge in [0, 0.05) is 18.1 Å². The molecule has 0 heterocycles. The van der Waals surface area contributed by atoms with Crippen molar-refractivity contribution in [2.24, 2.45) is 11.3 Å². The van der Waals surface area contributed by atoms with E-state index in [1.807, 2.05) is 0 Å². The lowest BCUT2D eigenvalue weighted by Gasteiger charge is -2.56. The molecule has 2 nitrogen and oxygen atoms in total. The summed E-state index contributed by atoms with van der Waals surface area (Å²) >= 11 is 0. The first-order valence-corrected chi connectivity index (χ1v) is 7.45. The minimum Gasteiger partial charge on any atom is -0.377 e. The molecule has 1 rings (SSSR count). The van der Waals surface area contributed by atoms with Crippen molar-refractivity contribution in [3.05, 3.63) is 0 Å². The number of rotatable bonds is 8. The van der Waals surface area contributed by atoms with Crippen LogP contribution in [0, 0.1) is 11.3 Å². The summed E-state index contributed by atoms with van der Waals surface area (Å²) in [6.45, 7) is 13.4. The van der Waals surface area contributed by atoms with E-state index in [1.165, 1.54) is 25.7 Å². The van der Waals surface area contributed by atoms with Crippen LogP contribution in [-0.4, -0.2) is 25.3 Å². The average molecular weight is 241 g/mol. The summed E-state index contributed by atoms with van der Waals surface area (Å²) in [6, 6.07) is 0.676. The van der Waals surface area contributed by atoms with Crippen molar-refractivity contribution in [1.82, 2.24) is 5.32 Å². The molecule has 1 saturated carbocycles. The van der Waals surface area contributed by atoms with Crippen LogP contribution in [0.3, 0.4) is 0 Å². The molecule has 0 bridgehead atoms. The summed E-state index contributed by atoms with van der Waals surface area (Å²) in [5.41, 5.74) is 0.393. The van der Waals surface area contributed by atoms with E-state index in [-0.39, 0.29) is 0 Å². The number of ether oxygens (including phenoxy) is 1. The van der Waals surface area contributed by atoms with Gasteiger partial charge in [-0.1, -0.05) is 34.6 Å². The Bertz CT molecular complexity index is 211. The molecule has 17 heavy (non-hydrogen) atoms. The summed E-state index contributed by atoms with van der Waals surface area (Å²) in [5, 5.41) is 3.70. The quantitative estimate of drug-likeness (QED) is 0.701. The molecule has 2 unspecified atom stereocenters. The Morgan fingerprint density at radius 2 is 1.88 bits per heavy atom. The van der Waals surface area contributed by atoms with E-state index in [0.29, 0.717) is 23.5 Å². The fraction of sp³-hybridized carbons (Fsp3) is 1.00. The standard InChI is InChI=1S/C15H31NO/c1-6-9-16-13-10-14(17-11-12(4)5)15(13,7-2)8-3/h12-14,16H,6-11H2,1-5H3. The van der Waals surface area contributed by atoms with Crippen LogP contribution in [0.15, 0.2) is 0 Å². The lowest BCUT2D eigenvalue weighted by atomic mass is 9.58. The Balaban J connectivity index is 2.51. The maximum absolute atomic E-state index is 6.11. The molecule has 0 radical (unpaired) electrons. The van der Waals surface area contributed by atoms with Crippen molar-refractivity contribution >= 4 is 0 Å². The molecule has 0 saturated heterocycles. The van der Waals surface area contributed by atoms with Crippen molar-refractivity contribution < 1.29 is 4.74 Å². The molecule has 1 N–H and O–H groups in total. The summed E-state index contributed by atoms with van der Waals surface area (Å²) in [5.74, 6) is 0.643. The van der Waals surface area contributed by atoms with Gasteiger partial charge in [0.2, 0.25) is 0 Å². The largest absolute Gasteiger partial charge is 0.377 e. The molecule has 0 spiro atoms. The molecule has 0 aliphatic heterocycles. The maximum Gasteiger partial charge on any atom is 0.0661 e. The van der Waals surface area contributed by atoms with Crippen molar-refractivity contribution in [2.75, 3.05) is 13.2 Å². The van der Waals surface area contributed by atoms with Gasteiger partial charge in [-0.2, -0.15) is 0 Å². The lowest BCUT2D eigenvalue weighted by Crippen LogP contribution is -2.63. The second-order valence-electron chi connectivity index (χ2n) is 5.90. The van der Waals surface area contributed by atoms with E-state index >= 15 is 0 Å². The van der Waals surface area contributed by atoms with Gasteiger partial charge < -0.3 is 10.1 Å². The summed E-state index contributed by atoms with van der Waals surface area (Å²) in [6.07, 6.45) is 5.36. The monoisotopic (exact) mass is 241 g/mol. The van der Waals surface area contributed by atoms with Gasteiger partial charge in [0.15, 0.2) is 0 Å². The van der Waals surface area contributed by atoms with Gasteiger partial charge in [0.25, 0.3) is 0 Å². The van der Waals surface area contributed by atoms with Gasteiger partial charge in [-0.05, 0) is 38.1 Å². The Labute approximate surface area is 108 Å². The van der Waals surface area contributed by atoms with Crippen LogP contribution in [-0.2, 0) is 4.74 Å². The number of nitrogens with one attached hydrogen (secondary N) is 1. The molecule has 0 aromatic carbocycles. The normalized spacial score (nSPS) is 27.2. The van der Waals surface area contributed by atoms with E-state index in [4.69, 9.17) is 4.74 Å². The Morgan fingerprint density at radius 1 is 1.24 bits per heavy atom. The van der Waals surface area contributed by atoms with Crippen molar-refractivity contribution in [1.29, 1.82) is 0 Å². The SMILES string of the molecule is CCCNC1CC(OCC(C)C)C1(CC)CC. The fourth-order valence-corrected chi connectivity index (χ4v) is 3.09. The van der Waals surface area contributed by atoms with Gasteiger partial charge in [-0.15, -0.1) is 0 Å². The zero-order valence-corrected chi connectivity index (χ0v) is 12.4. The molecule has 0 aromatic heterocycles. The van der Waals surface area contributed by atoms with E-state index in [0.717, 1.165) is 13.2 Å². The molecular formula is C15H31NO. The highest BCUT2D eigenvalue weighted by Gasteiger charge is 2.52. The van der Waals surface area contributed by atoms with Crippen molar-refractivity contribution in [2.45, 2.75) is 72.4 Å². The van der Waals surface area contributed by atoms with Crippen LogP contribution in [0.25, 0.3) is 0 Å². The van der Waals surface area contributed by atoms with Gasteiger partial charge in [-0.3, -0.25) is 0 Å². The zero-order chi connectivity index (χ0) is 12.9. The third kappa shape index (κ3) is 3.23. The second kappa shape index (κ2) is 6.75. The van der Waals surface area contributed by atoms with Crippen molar-refractivity contribution in [3.63, 3.8) is 0 Å². The van der Waals surface area contributed by atoms with Gasteiger partial charge in [0.05, 0.1) is 6.10 Å². The molecule has 1 fully saturated rings. The minimum absolute atomic E-state index is 0.393. The van der Waals surface area contributed by atoms with Crippen LogP contribution in [0.4, 0.5) is 0 Å². The fourth-order valence-electron chi connectivity index (χ4n) is 3.09. The third-order valence-electron chi connectivity index (χ3n) is 4.37. The Kier molecular flexibility index (Phi) is 5.94. The second-order valence-corrected chi connectivity index (χ2v) is 5.90. The Hall–Kier alpha value is -0.0800. The van der Waals surface area contributed by atoms with E-state index in [9.17, 15) is 0 Å². The van der Waals surface area contributed by atoms with E-state index < -0.39 is 0 Å². The van der Waals surface area contributed by atoms with E-state index in [2.05, 4.69) is 39.9 Å². The highest BCUT2D eigenvalue weighted by Crippen LogP contribution is 2.48. The summed E-state index contributed by atoms with van der Waals surface area (Å²) in [7, 11) is 0. The molecule has 2 heteroatoms. The first-order chi connectivity index (χ1) is 8.10. The first kappa shape index (κ1) is 15.0. The summed E-state index contributed by atoms with van der Waals surface area (Å²) in [4.78, 5) is 0. The van der Waals surface area contributed by atoms with Gasteiger partial charge in [-0.25, -0.2) is 0 Å². The minimum atomic E-state index is 0.393. The predicted molar refractivity (Wildman–Crippen MR) is 74.3 cm³/mol. The molecule has 0 amide bonds. The average Bonchev–Trinajstić information content (AvgIpc) is 2.28. The molecular weight excluding hydrogens is 210 g/mol. The molecule has 1 aliphatic carbocycles. The van der Waals surface area contributed by atoms with E-state index in [1.54, 1.807) is 0 Å². The number of hydrogen-bond acceptors (Lipinski definition) is 2. The van der Waals surface area contributed by atoms with Crippen LogP contribution in [0.1, 0.15) is 60.3 Å². The van der Waals surface area contributed by atoms with Crippen LogP contribution in [0.2, 0.25) is 0 Å². The molecule has 2 atom stereocenters. The summed E-state index contributed by atoms with van der Waals surface area (Å²) < 4.78 is 6.11. The lowest BCUT2D eigenvalue weighted by molar-refractivity contribution is -0.145. The molecule has 0 aromatic rings. The first-order valence-electron chi connectivity index (χ1n) is 7.45. The van der Waals surface area contributed by atoms with Crippen molar-refractivity contribution in [3.8, 4) is 0 Å². The smallest absolute Gasteiger partial charge is 0.0661 e. The van der Waals surface area contributed by atoms with Crippen LogP contribution in [0.5, 0.6) is 0 Å². The predicted octanol–water partition coefficient (Wildman–Crippen LogP) is 3.61. The Morgan fingerprint density at radius 3 is 2.35 bits per heavy atom. The molecule has 102 valence electrons. The number of hydrogen-bond donors (Lipinski definition) is 1.